The van der Waals surface area contributed by atoms with Crippen LogP contribution in [0.1, 0.15) is 28.5 Å². The van der Waals surface area contributed by atoms with Crippen LogP contribution in [0.5, 0.6) is 0 Å². The molecule has 5 heteroatoms. The van der Waals surface area contributed by atoms with Crippen molar-refractivity contribution in [3.8, 4) is 11.8 Å². The predicted molar refractivity (Wildman–Crippen MR) is 81.7 cm³/mol. The second-order valence-electron chi connectivity index (χ2n) is 4.28. The number of carbonyl (C=O) groups excluding carboxylic acids is 1. The summed E-state index contributed by atoms with van der Waals surface area (Å²) in [7, 11) is 0. The molecule has 0 aliphatic carbocycles. The predicted octanol–water partition coefficient (Wildman–Crippen LogP) is 1.60. The molecule has 2 rings (SSSR count). The van der Waals surface area contributed by atoms with E-state index >= 15 is 0 Å². The molecular formula is C16H16N4O. The zero-order valence-corrected chi connectivity index (χ0v) is 11.8. The summed E-state index contributed by atoms with van der Waals surface area (Å²) in [6.45, 7) is 2.35. The van der Waals surface area contributed by atoms with Crippen molar-refractivity contribution in [2.45, 2.75) is 13.3 Å². The van der Waals surface area contributed by atoms with Gasteiger partial charge in [0, 0.05) is 23.6 Å². The molecule has 1 aromatic heterocycles. The van der Waals surface area contributed by atoms with E-state index in [1.165, 1.54) is 18.6 Å². The highest BCUT2D eigenvalue weighted by Crippen LogP contribution is 2.18. The number of rotatable bonds is 3. The van der Waals surface area contributed by atoms with Crippen molar-refractivity contribution in [1.29, 1.82) is 0 Å². The molecule has 0 aliphatic heterocycles. The van der Waals surface area contributed by atoms with E-state index in [0.29, 0.717) is 6.54 Å². The molecule has 0 atom stereocenters. The number of nitrogens with two attached hydrogens (primary N) is 1. The molecule has 0 bridgehead atoms. The highest BCUT2D eigenvalue weighted by atomic mass is 16.1. The Hall–Kier alpha value is -2.71. The summed E-state index contributed by atoms with van der Waals surface area (Å²) in [6, 6.07) is 5.65. The van der Waals surface area contributed by atoms with E-state index in [9.17, 15) is 4.79 Å². The maximum Gasteiger partial charge on any atom is 0.275 e. The summed E-state index contributed by atoms with van der Waals surface area (Å²) in [4.78, 5) is 19.9. The number of aryl methyl sites for hydroxylation is 1. The number of hydrogen-bond acceptors (Lipinski definition) is 4. The Morgan fingerprint density at radius 2 is 2.24 bits per heavy atom. The lowest BCUT2D eigenvalue weighted by Gasteiger charge is -2.10. The summed E-state index contributed by atoms with van der Waals surface area (Å²) in [6.07, 6.45) is 5.23. The third-order valence-electron chi connectivity index (χ3n) is 2.86. The van der Waals surface area contributed by atoms with E-state index in [1.54, 1.807) is 0 Å². The number of aromatic nitrogens is 2. The summed E-state index contributed by atoms with van der Waals surface area (Å²) in [5, 5.41) is 2.85. The van der Waals surface area contributed by atoms with Gasteiger partial charge in [0.25, 0.3) is 5.91 Å². The van der Waals surface area contributed by atoms with Gasteiger partial charge >= 0.3 is 0 Å². The largest absolute Gasteiger partial charge is 0.320 e. The van der Waals surface area contributed by atoms with Gasteiger partial charge in [-0.15, -0.1) is 0 Å². The Kier molecular flexibility index (Phi) is 5.02. The summed E-state index contributed by atoms with van der Waals surface area (Å²) < 4.78 is 0. The zero-order chi connectivity index (χ0) is 15.1. The fourth-order valence-electron chi connectivity index (χ4n) is 1.84. The zero-order valence-electron chi connectivity index (χ0n) is 11.8. The molecular weight excluding hydrogens is 264 g/mol. The van der Waals surface area contributed by atoms with Crippen LogP contribution in [0.4, 0.5) is 5.69 Å². The molecule has 0 radical (unpaired) electrons. The van der Waals surface area contributed by atoms with Gasteiger partial charge in [-0.05, 0) is 30.2 Å². The van der Waals surface area contributed by atoms with Gasteiger partial charge in [-0.2, -0.15) is 0 Å². The Morgan fingerprint density at radius 1 is 1.38 bits per heavy atom. The number of hydrogen-bond donors (Lipinski definition) is 2. The minimum absolute atomic E-state index is 0.279. The smallest absolute Gasteiger partial charge is 0.275 e. The number of nitrogens with zero attached hydrogens (tertiary/aromatic N) is 2. The second kappa shape index (κ2) is 7.17. The van der Waals surface area contributed by atoms with Crippen molar-refractivity contribution in [3.05, 3.63) is 53.6 Å². The monoisotopic (exact) mass is 280 g/mol. The van der Waals surface area contributed by atoms with Crippen LogP contribution < -0.4 is 11.1 Å². The van der Waals surface area contributed by atoms with Crippen molar-refractivity contribution in [2.75, 3.05) is 11.9 Å². The number of amides is 1. The highest BCUT2D eigenvalue weighted by Gasteiger charge is 2.10. The summed E-state index contributed by atoms with van der Waals surface area (Å²) in [5.41, 5.74) is 8.30. The van der Waals surface area contributed by atoms with Crippen molar-refractivity contribution < 1.29 is 4.79 Å². The lowest BCUT2D eigenvalue weighted by atomic mass is 10.1. The molecule has 1 aromatic carbocycles. The average Bonchev–Trinajstić information content (AvgIpc) is 2.54. The van der Waals surface area contributed by atoms with E-state index in [2.05, 4.69) is 27.1 Å². The van der Waals surface area contributed by atoms with Gasteiger partial charge in [0.1, 0.15) is 5.69 Å². The number of nitrogens with one attached hydrogen (secondary N) is 1. The average molecular weight is 280 g/mol. The van der Waals surface area contributed by atoms with E-state index in [4.69, 9.17) is 5.73 Å². The minimum Gasteiger partial charge on any atom is -0.320 e. The van der Waals surface area contributed by atoms with Crippen LogP contribution in [-0.2, 0) is 6.42 Å². The molecule has 0 saturated heterocycles. The fraction of sp³-hybridized carbons (Fsp3) is 0.188. The second-order valence-corrected chi connectivity index (χ2v) is 4.28. The first-order chi connectivity index (χ1) is 10.2. The lowest BCUT2D eigenvalue weighted by molar-refractivity contribution is 0.102. The van der Waals surface area contributed by atoms with Crippen LogP contribution in [-0.4, -0.2) is 22.4 Å². The molecule has 21 heavy (non-hydrogen) atoms. The minimum atomic E-state index is -0.279. The molecule has 0 unspecified atom stereocenters. The summed E-state index contributed by atoms with van der Waals surface area (Å²) in [5.74, 6) is 5.52. The Labute approximate surface area is 123 Å². The van der Waals surface area contributed by atoms with Gasteiger partial charge in [-0.25, -0.2) is 4.98 Å². The van der Waals surface area contributed by atoms with Gasteiger partial charge in [0.05, 0.1) is 12.7 Å². The number of benzene rings is 1. The molecule has 0 aliphatic rings. The first kappa shape index (κ1) is 14.7. The molecule has 5 nitrogen and oxygen atoms in total. The van der Waals surface area contributed by atoms with E-state index in [-0.39, 0.29) is 11.6 Å². The first-order valence-corrected chi connectivity index (χ1v) is 6.63. The molecule has 106 valence electrons. The third kappa shape index (κ3) is 3.88. The Morgan fingerprint density at radius 3 is 2.90 bits per heavy atom. The van der Waals surface area contributed by atoms with Crippen LogP contribution in [0, 0.1) is 11.8 Å². The SMILES string of the molecule is CCc1cc(C#CCN)ccc1NC(=O)c1cnccn1. The molecule has 3 N–H and O–H groups in total. The Bertz CT molecular complexity index is 686. The van der Waals surface area contributed by atoms with Crippen LogP contribution in [0.2, 0.25) is 0 Å². The topological polar surface area (TPSA) is 80.9 Å². The van der Waals surface area contributed by atoms with Crippen LogP contribution >= 0.6 is 0 Å². The van der Waals surface area contributed by atoms with Gasteiger partial charge in [0.2, 0.25) is 0 Å². The quantitative estimate of drug-likeness (QED) is 0.837. The van der Waals surface area contributed by atoms with E-state index in [0.717, 1.165) is 23.2 Å². The summed E-state index contributed by atoms with van der Waals surface area (Å²) >= 11 is 0. The van der Waals surface area contributed by atoms with Crippen molar-refractivity contribution in [3.63, 3.8) is 0 Å². The van der Waals surface area contributed by atoms with Gasteiger partial charge in [0.15, 0.2) is 0 Å². The van der Waals surface area contributed by atoms with Gasteiger partial charge in [-0.1, -0.05) is 18.8 Å². The van der Waals surface area contributed by atoms with Crippen molar-refractivity contribution in [2.24, 2.45) is 5.73 Å². The molecule has 0 spiro atoms. The fourth-order valence-corrected chi connectivity index (χ4v) is 1.84. The van der Waals surface area contributed by atoms with Crippen LogP contribution in [0.15, 0.2) is 36.8 Å². The lowest BCUT2D eigenvalue weighted by Crippen LogP contribution is -2.15. The normalized spacial score (nSPS) is 9.62. The molecule has 1 heterocycles. The Balaban J connectivity index is 2.22. The van der Waals surface area contributed by atoms with Gasteiger partial charge < -0.3 is 11.1 Å². The van der Waals surface area contributed by atoms with Gasteiger partial charge in [-0.3, -0.25) is 9.78 Å². The maximum absolute atomic E-state index is 12.1. The van der Waals surface area contributed by atoms with E-state index < -0.39 is 0 Å². The maximum atomic E-state index is 12.1. The molecule has 1 amide bonds. The molecule has 2 aromatic rings. The standard InChI is InChI=1S/C16H16N4O/c1-2-13-10-12(4-3-7-17)5-6-14(13)20-16(21)15-11-18-8-9-19-15/h5-6,8-11H,2,7,17H2,1H3,(H,20,21). The highest BCUT2D eigenvalue weighted by molar-refractivity contribution is 6.03. The molecule has 0 fully saturated rings. The number of carbonyl (C=O) groups is 1. The van der Waals surface area contributed by atoms with Crippen LogP contribution in [0.3, 0.4) is 0 Å². The van der Waals surface area contributed by atoms with Crippen LogP contribution in [0.25, 0.3) is 0 Å². The molecule has 0 saturated carbocycles. The van der Waals surface area contributed by atoms with Crippen molar-refractivity contribution >= 4 is 11.6 Å². The van der Waals surface area contributed by atoms with E-state index in [1.807, 2.05) is 25.1 Å². The van der Waals surface area contributed by atoms with Crippen molar-refractivity contribution in [1.82, 2.24) is 9.97 Å². The third-order valence-corrected chi connectivity index (χ3v) is 2.86. The number of anilines is 1. The first-order valence-electron chi connectivity index (χ1n) is 6.63.